The van der Waals surface area contributed by atoms with Crippen LogP contribution >= 0.6 is 15.9 Å². The van der Waals surface area contributed by atoms with E-state index in [0.29, 0.717) is 34.1 Å². The van der Waals surface area contributed by atoms with E-state index in [-0.39, 0.29) is 0 Å². The van der Waals surface area contributed by atoms with Gasteiger partial charge in [-0.25, -0.2) is 9.83 Å². The van der Waals surface area contributed by atoms with Crippen LogP contribution in [0.5, 0.6) is 11.6 Å². The van der Waals surface area contributed by atoms with E-state index < -0.39 is 0 Å². The number of nitrogens with one attached hydrogen (secondary N) is 1. The van der Waals surface area contributed by atoms with E-state index in [1.54, 1.807) is 6.20 Å². The van der Waals surface area contributed by atoms with Crippen LogP contribution in [-0.4, -0.2) is 34.0 Å². The number of hydrogen-bond acceptors (Lipinski definition) is 5. The highest BCUT2D eigenvalue weighted by molar-refractivity contribution is 9.10. The molecule has 1 fully saturated rings. The zero-order chi connectivity index (χ0) is 23.4. The van der Waals surface area contributed by atoms with Crippen molar-refractivity contribution in [2.75, 3.05) is 18.4 Å². The number of benzene rings is 2. The molecule has 1 unspecified atom stereocenters. The molecule has 6 nitrogen and oxygen atoms in total. The first-order chi connectivity index (χ1) is 15.9. The van der Waals surface area contributed by atoms with Crippen LogP contribution in [0, 0.1) is 20.4 Å². The van der Waals surface area contributed by atoms with Crippen LogP contribution in [0.4, 0.5) is 11.6 Å². The van der Waals surface area contributed by atoms with Crippen LogP contribution < -0.4 is 10.1 Å². The fraction of sp³-hybridized carbons (Fsp3) is 0.346. The van der Waals surface area contributed by atoms with E-state index in [0.717, 1.165) is 42.8 Å². The van der Waals surface area contributed by atoms with Gasteiger partial charge in [0.05, 0.1) is 17.2 Å². The maximum Gasteiger partial charge on any atom is 0.238 e. The fourth-order valence-electron chi connectivity index (χ4n) is 4.30. The van der Waals surface area contributed by atoms with E-state index in [1.165, 1.54) is 5.56 Å². The molecular weight excluding hydrogens is 478 g/mol. The zero-order valence-corrected chi connectivity index (χ0v) is 20.8. The lowest BCUT2D eigenvalue weighted by Gasteiger charge is -2.36. The molecule has 0 spiro atoms. The highest BCUT2D eigenvalue weighted by Crippen LogP contribution is 2.35. The van der Waals surface area contributed by atoms with Crippen LogP contribution in [-0.2, 0) is 0 Å². The van der Waals surface area contributed by atoms with Gasteiger partial charge in [0.15, 0.2) is 5.69 Å². The van der Waals surface area contributed by atoms with Crippen molar-refractivity contribution in [3.05, 3.63) is 81.2 Å². The van der Waals surface area contributed by atoms with E-state index in [4.69, 9.17) is 11.3 Å². The third-order valence-electron chi connectivity index (χ3n) is 6.18. The number of anilines is 1. The zero-order valence-electron chi connectivity index (χ0n) is 19.2. The molecule has 170 valence electrons. The average Bonchev–Trinajstić information content (AvgIpc) is 2.83. The normalized spacial score (nSPS) is 15.6. The molecule has 3 aromatic rings. The molecule has 1 aromatic heterocycles. The van der Waals surface area contributed by atoms with Crippen molar-refractivity contribution in [1.29, 1.82) is 0 Å². The summed E-state index contributed by atoms with van der Waals surface area (Å²) in [6, 6.07) is 15.1. The maximum absolute atomic E-state index is 7.24. The summed E-state index contributed by atoms with van der Waals surface area (Å²) in [4.78, 5) is 15.1. The fourth-order valence-corrected chi connectivity index (χ4v) is 4.57. The Morgan fingerprint density at radius 3 is 2.45 bits per heavy atom. The molecule has 4 rings (SSSR count). The highest BCUT2D eigenvalue weighted by Gasteiger charge is 2.24. The van der Waals surface area contributed by atoms with Crippen molar-refractivity contribution in [2.24, 2.45) is 0 Å². The van der Waals surface area contributed by atoms with Gasteiger partial charge < -0.3 is 10.1 Å². The summed E-state index contributed by atoms with van der Waals surface area (Å²) >= 11 is 3.50. The first-order valence-electron chi connectivity index (χ1n) is 11.2. The smallest absolute Gasteiger partial charge is 0.238 e. The molecule has 0 amide bonds. The maximum atomic E-state index is 7.24. The molecule has 1 aliphatic rings. The van der Waals surface area contributed by atoms with Crippen molar-refractivity contribution in [3.63, 3.8) is 0 Å². The monoisotopic (exact) mass is 505 g/mol. The summed E-state index contributed by atoms with van der Waals surface area (Å²) in [6.07, 6.45) is 3.78. The van der Waals surface area contributed by atoms with Gasteiger partial charge in [0, 0.05) is 25.2 Å². The number of aromatic nitrogens is 2. The second-order valence-electron chi connectivity index (χ2n) is 8.51. The summed E-state index contributed by atoms with van der Waals surface area (Å²) in [6.45, 7) is 15.4. The Bertz CT molecular complexity index is 1130. The van der Waals surface area contributed by atoms with Crippen LogP contribution in [0.1, 0.15) is 42.5 Å². The lowest BCUT2D eigenvalue weighted by molar-refractivity contribution is 0.167. The SMILES string of the molecule is [C-]#[N+]c1cc(C)c(Oc2nc(NC3CCN(C(C)c4ccccc4)CC3)ncc2Br)c(C)c1. The third-order valence-corrected chi connectivity index (χ3v) is 6.72. The summed E-state index contributed by atoms with van der Waals surface area (Å²) in [5, 5.41) is 3.49. The van der Waals surface area contributed by atoms with Crippen LogP contribution in [0.15, 0.2) is 53.1 Å². The Balaban J connectivity index is 1.41. The first-order valence-corrected chi connectivity index (χ1v) is 12.0. The summed E-state index contributed by atoms with van der Waals surface area (Å²) < 4.78 is 6.84. The quantitative estimate of drug-likeness (QED) is 0.371. The van der Waals surface area contributed by atoms with Gasteiger partial charge in [-0.1, -0.05) is 30.3 Å². The molecule has 0 radical (unpaired) electrons. The van der Waals surface area contributed by atoms with Crippen molar-refractivity contribution in [1.82, 2.24) is 14.9 Å². The molecule has 33 heavy (non-hydrogen) atoms. The number of piperidine rings is 1. The predicted octanol–water partition coefficient (Wildman–Crippen LogP) is 6.84. The standard InChI is InChI=1S/C26H28BrN5O/c1-17-14-22(28-4)15-18(2)24(17)33-25-23(27)16-29-26(31-25)30-21-10-12-32(13-11-21)19(3)20-8-6-5-7-9-20/h5-9,14-16,19,21H,10-13H2,1-3H3,(H,29,30,31). The number of likely N-dealkylation sites (tertiary alicyclic amines) is 1. The number of aryl methyl sites for hydroxylation is 2. The van der Waals surface area contributed by atoms with Gasteiger partial charge in [-0.2, -0.15) is 4.98 Å². The number of rotatable bonds is 6. The Hall–Kier alpha value is -2.95. The van der Waals surface area contributed by atoms with E-state index >= 15 is 0 Å². The van der Waals surface area contributed by atoms with Gasteiger partial charge in [-0.15, -0.1) is 0 Å². The second-order valence-corrected chi connectivity index (χ2v) is 9.36. The van der Waals surface area contributed by atoms with Crippen LogP contribution in [0.3, 0.4) is 0 Å². The minimum Gasteiger partial charge on any atom is -0.437 e. The summed E-state index contributed by atoms with van der Waals surface area (Å²) in [5.74, 6) is 1.75. The molecule has 1 aliphatic heterocycles. The number of halogens is 1. The highest BCUT2D eigenvalue weighted by atomic mass is 79.9. The van der Waals surface area contributed by atoms with Gasteiger partial charge in [-0.05, 0) is 78.4 Å². The van der Waals surface area contributed by atoms with Crippen molar-refractivity contribution in [3.8, 4) is 11.6 Å². The summed E-state index contributed by atoms with van der Waals surface area (Å²) in [7, 11) is 0. The molecule has 1 N–H and O–H groups in total. The van der Waals surface area contributed by atoms with Crippen LogP contribution in [0.25, 0.3) is 4.85 Å². The predicted molar refractivity (Wildman–Crippen MR) is 135 cm³/mol. The van der Waals surface area contributed by atoms with E-state index in [1.807, 2.05) is 26.0 Å². The van der Waals surface area contributed by atoms with Crippen LogP contribution in [0.2, 0.25) is 0 Å². The first kappa shape index (κ1) is 23.2. The largest absolute Gasteiger partial charge is 0.437 e. The molecule has 2 heterocycles. The topological polar surface area (TPSA) is 54.6 Å². The van der Waals surface area contributed by atoms with Crippen molar-refractivity contribution >= 4 is 27.6 Å². The molecule has 1 atom stereocenters. The lowest BCUT2D eigenvalue weighted by atomic mass is 10.0. The van der Waals surface area contributed by atoms with Gasteiger partial charge in [-0.3, -0.25) is 4.90 Å². The Labute approximate surface area is 204 Å². The molecule has 0 aliphatic carbocycles. The second kappa shape index (κ2) is 10.3. The van der Waals surface area contributed by atoms with Crippen molar-refractivity contribution in [2.45, 2.75) is 45.7 Å². The van der Waals surface area contributed by atoms with E-state index in [2.05, 4.69) is 78.2 Å². The van der Waals surface area contributed by atoms with Gasteiger partial charge in [0.25, 0.3) is 0 Å². The molecule has 7 heteroatoms. The minimum absolute atomic E-state index is 0.319. The molecule has 1 saturated heterocycles. The van der Waals surface area contributed by atoms with Crippen molar-refractivity contribution < 1.29 is 4.74 Å². The third kappa shape index (κ3) is 5.52. The Morgan fingerprint density at radius 2 is 1.82 bits per heavy atom. The molecule has 2 aromatic carbocycles. The summed E-state index contributed by atoms with van der Waals surface area (Å²) in [5.41, 5.74) is 3.77. The number of hydrogen-bond donors (Lipinski definition) is 1. The van der Waals surface area contributed by atoms with Gasteiger partial charge in [0.2, 0.25) is 11.8 Å². The molecule has 0 bridgehead atoms. The Morgan fingerprint density at radius 1 is 1.15 bits per heavy atom. The van der Waals surface area contributed by atoms with E-state index in [9.17, 15) is 0 Å². The average molecular weight is 506 g/mol. The lowest BCUT2D eigenvalue weighted by Crippen LogP contribution is -2.40. The van der Waals surface area contributed by atoms with Gasteiger partial charge in [0.1, 0.15) is 5.75 Å². The number of nitrogens with zero attached hydrogens (tertiary/aromatic N) is 4. The number of ether oxygens (including phenoxy) is 1. The molecular formula is C26H28BrN5O. The Kier molecular flexibility index (Phi) is 7.26. The minimum atomic E-state index is 0.319. The molecule has 0 saturated carbocycles. The van der Waals surface area contributed by atoms with Gasteiger partial charge >= 0.3 is 0 Å².